The fourth-order valence-electron chi connectivity index (χ4n) is 2.63. The number of likely N-dealkylation sites (N-methyl/N-ethyl adjacent to an activating group) is 1. The van der Waals surface area contributed by atoms with Crippen molar-refractivity contribution in [3.8, 4) is 0 Å². The minimum Gasteiger partial charge on any atom is -0.370 e. The van der Waals surface area contributed by atoms with Crippen LogP contribution in [0.2, 0.25) is 0 Å². The van der Waals surface area contributed by atoms with Crippen LogP contribution < -0.4 is 15.5 Å². The highest BCUT2D eigenvalue weighted by atomic mass is 16.1. The average Bonchev–Trinajstić information content (AvgIpc) is 2.97. The van der Waals surface area contributed by atoms with Crippen molar-refractivity contribution in [3.63, 3.8) is 0 Å². The Kier molecular flexibility index (Phi) is 5.41. The van der Waals surface area contributed by atoms with Gasteiger partial charge in [-0.3, -0.25) is 4.79 Å². The van der Waals surface area contributed by atoms with Crippen LogP contribution in [-0.4, -0.2) is 38.6 Å². The Hall–Kier alpha value is -1.55. The highest BCUT2D eigenvalue weighted by molar-refractivity contribution is 5.79. The van der Waals surface area contributed by atoms with Gasteiger partial charge in [0.05, 0.1) is 5.92 Å². The number of rotatable bonds is 6. The second-order valence-electron chi connectivity index (χ2n) is 5.40. The largest absolute Gasteiger partial charge is 0.370 e. The van der Waals surface area contributed by atoms with Gasteiger partial charge in [0.1, 0.15) is 0 Å². The molecule has 0 aromatic heterocycles. The third-order valence-electron chi connectivity index (χ3n) is 3.86. The molecule has 4 heteroatoms. The summed E-state index contributed by atoms with van der Waals surface area (Å²) >= 11 is 0. The van der Waals surface area contributed by atoms with E-state index in [9.17, 15) is 4.79 Å². The van der Waals surface area contributed by atoms with Gasteiger partial charge in [-0.2, -0.15) is 0 Å². The quantitative estimate of drug-likeness (QED) is 0.828. The van der Waals surface area contributed by atoms with E-state index in [4.69, 9.17) is 0 Å². The first kappa shape index (κ1) is 14.9. The standard InChI is InChI=1S/C16H25N3O/c1-3-19(15-6-4-5-13(2)11-15)10-9-18-16(20)14-7-8-17-12-14/h4-6,11,14,17H,3,7-10,12H2,1-2H3,(H,18,20). The number of hydrogen-bond donors (Lipinski definition) is 2. The third-order valence-corrected chi connectivity index (χ3v) is 3.86. The number of anilines is 1. The van der Waals surface area contributed by atoms with Crippen molar-refractivity contribution in [3.05, 3.63) is 29.8 Å². The van der Waals surface area contributed by atoms with E-state index in [2.05, 4.69) is 53.6 Å². The maximum Gasteiger partial charge on any atom is 0.224 e. The van der Waals surface area contributed by atoms with E-state index < -0.39 is 0 Å². The molecule has 1 atom stereocenters. The van der Waals surface area contributed by atoms with E-state index in [1.807, 2.05) is 0 Å². The first-order valence-electron chi connectivity index (χ1n) is 7.50. The molecule has 1 saturated heterocycles. The smallest absolute Gasteiger partial charge is 0.224 e. The predicted molar refractivity (Wildman–Crippen MR) is 83.1 cm³/mol. The summed E-state index contributed by atoms with van der Waals surface area (Å²) in [5, 5.41) is 6.28. The third kappa shape index (κ3) is 3.97. The fourth-order valence-corrected chi connectivity index (χ4v) is 2.63. The molecular weight excluding hydrogens is 250 g/mol. The molecule has 1 heterocycles. The number of benzene rings is 1. The van der Waals surface area contributed by atoms with Crippen LogP contribution >= 0.6 is 0 Å². The molecule has 0 spiro atoms. The zero-order valence-electron chi connectivity index (χ0n) is 12.5. The Morgan fingerprint density at radius 2 is 2.35 bits per heavy atom. The molecule has 1 aromatic rings. The molecule has 1 fully saturated rings. The highest BCUT2D eigenvalue weighted by Gasteiger charge is 2.21. The Bertz CT molecular complexity index is 441. The van der Waals surface area contributed by atoms with Crippen LogP contribution in [0.15, 0.2) is 24.3 Å². The zero-order chi connectivity index (χ0) is 14.4. The van der Waals surface area contributed by atoms with Gasteiger partial charge in [-0.15, -0.1) is 0 Å². The first-order valence-corrected chi connectivity index (χ1v) is 7.50. The lowest BCUT2D eigenvalue weighted by Gasteiger charge is -2.24. The Labute approximate surface area is 121 Å². The molecule has 20 heavy (non-hydrogen) atoms. The highest BCUT2D eigenvalue weighted by Crippen LogP contribution is 2.15. The predicted octanol–water partition coefficient (Wildman–Crippen LogP) is 1.55. The summed E-state index contributed by atoms with van der Waals surface area (Å²) in [5.74, 6) is 0.347. The number of hydrogen-bond acceptors (Lipinski definition) is 3. The van der Waals surface area contributed by atoms with Crippen LogP contribution in [0.3, 0.4) is 0 Å². The summed E-state index contributed by atoms with van der Waals surface area (Å²) in [7, 11) is 0. The number of aryl methyl sites for hydroxylation is 1. The average molecular weight is 275 g/mol. The van der Waals surface area contributed by atoms with Crippen molar-refractivity contribution < 1.29 is 4.79 Å². The van der Waals surface area contributed by atoms with Gasteiger partial charge in [-0.05, 0) is 44.5 Å². The molecular formula is C16H25N3O. The van der Waals surface area contributed by atoms with Gasteiger partial charge in [0, 0.05) is 31.9 Å². The fraction of sp³-hybridized carbons (Fsp3) is 0.562. The van der Waals surface area contributed by atoms with Gasteiger partial charge < -0.3 is 15.5 Å². The maximum absolute atomic E-state index is 11.9. The molecule has 0 saturated carbocycles. The van der Waals surface area contributed by atoms with Crippen LogP contribution in [0.4, 0.5) is 5.69 Å². The minimum atomic E-state index is 0.157. The lowest BCUT2D eigenvalue weighted by atomic mass is 10.1. The van der Waals surface area contributed by atoms with Crippen LogP contribution in [0.1, 0.15) is 18.9 Å². The van der Waals surface area contributed by atoms with Crippen molar-refractivity contribution in [2.75, 3.05) is 37.6 Å². The van der Waals surface area contributed by atoms with E-state index in [-0.39, 0.29) is 11.8 Å². The van der Waals surface area contributed by atoms with Gasteiger partial charge in [0.25, 0.3) is 0 Å². The summed E-state index contributed by atoms with van der Waals surface area (Å²) in [6.45, 7) is 8.54. The summed E-state index contributed by atoms with van der Waals surface area (Å²) in [5.41, 5.74) is 2.49. The number of amides is 1. The van der Waals surface area contributed by atoms with Crippen LogP contribution in [0.25, 0.3) is 0 Å². The van der Waals surface area contributed by atoms with E-state index >= 15 is 0 Å². The van der Waals surface area contributed by atoms with Crippen LogP contribution in [-0.2, 0) is 4.79 Å². The first-order chi connectivity index (χ1) is 9.70. The Morgan fingerprint density at radius 3 is 3.00 bits per heavy atom. The number of nitrogens with one attached hydrogen (secondary N) is 2. The second kappa shape index (κ2) is 7.29. The van der Waals surface area contributed by atoms with Crippen LogP contribution in [0.5, 0.6) is 0 Å². The molecule has 2 rings (SSSR count). The minimum absolute atomic E-state index is 0.157. The van der Waals surface area contributed by atoms with Gasteiger partial charge in [0.15, 0.2) is 0 Å². The van der Waals surface area contributed by atoms with Crippen molar-refractivity contribution in [1.29, 1.82) is 0 Å². The molecule has 1 unspecified atom stereocenters. The lowest BCUT2D eigenvalue weighted by molar-refractivity contribution is -0.124. The van der Waals surface area contributed by atoms with E-state index in [0.717, 1.165) is 32.6 Å². The van der Waals surface area contributed by atoms with Gasteiger partial charge in [-0.25, -0.2) is 0 Å². The molecule has 0 bridgehead atoms. The molecule has 0 radical (unpaired) electrons. The number of carbonyl (C=O) groups excluding carboxylic acids is 1. The van der Waals surface area contributed by atoms with Crippen molar-refractivity contribution in [2.45, 2.75) is 20.3 Å². The molecule has 1 amide bonds. The molecule has 4 nitrogen and oxygen atoms in total. The molecule has 1 aliphatic rings. The normalized spacial score (nSPS) is 18.0. The van der Waals surface area contributed by atoms with Gasteiger partial charge >= 0.3 is 0 Å². The molecule has 110 valence electrons. The summed E-state index contributed by atoms with van der Waals surface area (Å²) < 4.78 is 0. The number of nitrogens with zero attached hydrogens (tertiary/aromatic N) is 1. The maximum atomic E-state index is 11.9. The van der Waals surface area contributed by atoms with E-state index in [1.54, 1.807) is 0 Å². The second-order valence-corrected chi connectivity index (χ2v) is 5.40. The van der Waals surface area contributed by atoms with Crippen molar-refractivity contribution >= 4 is 11.6 Å². The number of carbonyl (C=O) groups is 1. The van der Waals surface area contributed by atoms with Crippen LogP contribution in [0, 0.1) is 12.8 Å². The monoisotopic (exact) mass is 275 g/mol. The SMILES string of the molecule is CCN(CCNC(=O)C1CCNC1)c1cccc(C)c1. The zero-order valence-corrected chi connectivity index (χ0v) is 12.5. The van der Waals surface area contributed by atoms with E-state index in [1.165, 1.54) is 11.3 Å². The Morgan fingerprint density at radius 1 is 1.50 bits per heavy atom. The van der Waals surface area contributed by atoms with Gasteiger partial charge in [0.2, 0.25) is 5.91 Å². The molecule has 0 aliphatic carbocycles. The summed E-state index contributed by atoms with van der Waals surface area (Å²) in [6.07, 6.45) is 0.960. The van der Waals surface area contributed by atoms with Crippen molar-refractivity contribution in [2.24, 2.45) is 5.92 Å². The van der Waals surface area contributed by atoms with E-state index in [0.29, 0.717) is 6.54 Å². The lowest BCUT2D eigenvalue weighted by Crippen LogP contribution is -2.38. The van der Waals surface area contributed by atoms with Gasteiger partial charge in [-0.1, -0.05) is 12.1 Å². The molecule has 1 aromatic carbocycles. The molecule has 1 aliphatic heterocycles. The summed E-state index contributed by atoms with van der Waals surface area (Å²) in [6, 6.07) is 8.49. The summed E-state index contributed by atoms with van der Waals surface area (Å²) in [4.78, 5) is 14.2. The molecule has 2 N–H and O–H groups in total. The van der Waals surface area contributed by atoms with Crippen molar-refractivity contribution in [1.82, 2.24) is 10.6 Å². The topological polar surface area (TPSA) is 44.4 Å². The Balaban J connectivity index is 1.80.